The van der Waals surface area contributed by atoms with Crippen LogP contribution in [0, 0.1) is 0 Å². The molecule has 1 fully saturated rings. The first-order valence-corrected chi connectivity index (χ1v) is 9.47. The minimum Gasteiger partial charge on any atom is -0.483 e. The van der Waals surface area contributed by atoms with Gasteiger partial charge in [0.2, 0.25) is 0 Å². The highest BCUT2D eigenvalue weighted by Crippen LogP contribution is 2.36. The van der Waals surface area contributed by atoms with Gasteiger partial charge < -0.3 is 15.2 Å². The van der Waals surface area contributed by atoms with Crippen molar-refractivity contribution in [2.24, 2.45) is 0 Å². The Bertz CT molecular complexity index is 1080. The summed E-state index contributed by atoms with van der Waals surface area (Å²) in [7, 11) is 0. The quantitative estimate of drug-likeness (QED) is 0.657. The van der Waals surface area contributed by atoms with E-state index >= 15 is 0 Å². The second kappa shape index (κ2) is 7.95. The molecule has 1 aliphatic carbocycles. The van der Waals surface area contributed by atoms with Crippen molar-refractivity contribution in [2.45, 2.75) is 31.2 Å². The van der Waals surface area contributed by atoms with Gasteiger partial charge in [-0.1, -0.05) is 36.4 Å². The number of halogens is 3. The van der Waals surface area contributed by atoms with Gasteiger partial charge in [-0.3, -0.25) is 9.78 Å². The molecule has 1 aromatic heterocycles. The highest BCUT2D eigenvalue weighted by molar-refractivity contribution is 6.02. The fourth-order valence-corrected chi connectivity index (χ4v) is 3.47. The van der Waals surface area contributed by atoms with E-state index in [-0.39, 0.29) is 29.5 Å². The number of alkyl halides is 3. The second-order valence-corrected chi connectivity index (χ2v) is 7.29. The summed E-state index contributed by atoms with van der Waals surface area (Å²) in [6.45, 7) is -1.39. The maximum absolute atomic E-state index is 12.6. The van der Waals surface area contributed by atoms with E-state index in [4.69, 9.17) is 4.74 Å². The first kappa shape index (κ1) is 20.2. The predicted molar refractivity (Wildman–Crippen MR) is 105 cm³/mol. The molecule has 30 heavy (non-hydrogen) atoms. The number of aliphatic hydroxyl groups is 1. The molecule has 2 aromatic carbocycles. The first-order valence-electron chi connectivity index (χ1n) is 9.47. The van der Waals surface area contributed by atoms with Crippen LogP contribution in [0.1, 0.15) is 23.3 Å². The molecule has 8 heteroatoms. The Morgan fingerprint density at radius 3 is 2.60 bits per heavy atom. The number of fused-ring (bicyclic) bond motifs is 1. The van der Waals surface area contributed by atoms with E-state index in [1.165, 1.54) is 6.07 Å². The third-order valence-corrected chi connectivity index (χ3v) is 5.01. The Kier molecular flexibility index (Phi) is 5.34. The monoisotopic (exact) mass is 416 g/mol. The van der Waals surface area contributed by atoms with Crippen molar-refractivity contribution in [1.82, 2.24) is 10.3 Å². The molecule has 0 bridgehead atoms. The number of rotatable bonds is 5. The molecule has 3 aromatic rings. The standard InChI is InChI=1S/C22H19F3N2O3/c23-22(24,25)12-30-20-7-2-1-5-17(20)16-6-3-4-13-11-26-19(10-18(13)16)21(29)27-14-8-15(28)9-14/h1-7,10-11,14-15,28H,8-9,12H2,(H,27,29)/t14-,15+. The molecule has 0 unspecified atom stereocenters. The second-order valence-electron chi connectivity index (χ2n) is 7.29. The lowest BCUT2D eigenvalue weighted by molar-refractivity contribution is -0.153. The number of para-hydroxylation sites is 1. The maximum Gasteiger partial charge on any atom is 0.422 e. The van der Waals surface area contributed by atoms with Crippen molar-refractivity contribution in [3.05, 3.63) is 60.4 Å². The number of benzene rings is 2. The zero-order valence-electron chi connectivity index (χ0n) is 15.8. The van der Waals surface area contributed by atoms with Gasteiger partial charge >= 0.3 is 6.18 Å². The third kappa shape index (κ3) is 4.38. The largest absolute Gasteiger partial charge is 0.483 e. The zero-order valence-corrected chi connectivity index (χ0v) is 15.8. The molecule has 1 heterocycles. The van der Waals surface area contributed by atoms with Crippen LogP contribution in [0.2, 0.25) is 0 Å². The van der Waals surface area contributed by atoms with Crippen LogP contribution in [-0.4, -0.2) is 40.9 Å². The number of amides is 1. The Hall–Kier alpha value is -3.13. The van der Waals surface area contributed by atoms with E-state index in [0.29, 0.717) is 29.4 Å². The number of carbonyl (C=O) groups is 1. The third-order valence-electron chi connectivity index (χ3n) is 5.01. The average Bonchev–Trinajstić information content (AvgIpc) is 2.70. The lowest BCUT2D eigenvalue weighted by Gasteiger charge is -2.31. The molecule has 0 radical (unpaired) electrons. The highest BCUT2D eigenvalue weighted by atomic mass is 19.4. The average molecular weight is 416 g/mol. The summed E-state index contributed by atoms with van der Waals surface area (Å²) in [5.41, 5.74) is 1.33. The molecule has 2 N–H and O–H groups in total. The molecule has 0 atom stereocenters. The van der Waals surface area contributed by atoms with Gasteiger partial charge in [0.05, 0.1) is 6.10 Å². The Morgan fingerprint density at radius 1 is 1.13 bits per heavy atom. The molecule has 156 valence electrons. The van der Waals surface area contributed by atoms with Crippen molar-refractivity contribution in [1.29, 1.82) is 0 Å². The Balaban J connectivity index is 1.69. The van der Waals surface area contributed by atoms with Crippen molar-refractivity contribution in [3.63, 3.8) is 0 Å². The maximum atomic E-state index is 12.6. The molecule has 1 aliphatic rings. The Morgan fingerprint density at radius 2 is 1.87 bits per heavy atom. The van der Waals surface area contributed by atoms with Crippen molar-refractivity contribution in [2.75, 3.05) is 6.61 Å². The van der Waals surface area contributed by atoms with Crippen LogP contribution < -0.4 is 10.1 Å². The van der Waals surface area contributed by atoms with E-state index in [1.807, 2.05) is 6.07 Å². The van der Waals surface area contributed by atoms with E-state index in [0.717, 1.165) is 5.39 Å². The van der Waals surface area contributed by atoms with Crippen molar-refractivity contribution < 1.29 is 27.8 Å². The van der Waals surface area contributed by atoms with Crippen LogP contribution in [-0.2, 0) is 0 Å². The number of hydrogen-bond acceptors (Lipinski definition) is 4. The Labute approximate surface area is 170 Å². The van der Waals surface area contributed by atoms with Crippen LogP contribution >= 0.6 is 0 Å². The number of ether oxygens (including phenoxy) is 1. The fourth-order valence-electron chi connectivity index (χ4n) is 3.47. The van der Waals surface area contributed by atoms with E-state index in [1.54, 1.807) is 42.6 Å². The predicted octanol–water partition coefficient (Wildman–Crippen LogP) is 4.10. The normalized spacial score (nSPS) is 18.7. The number of aromatic nitrogens is 1. The molecular weight excluding hydrogens is 397 g/mol. The summed E-state index contributed by atoms with van der Waals surface area (Å²) >= 11 is 0. The van der Waals surface area contributed by atoms with Gasteiger partial charge in [-0.2, -0.15) is 13.2 Å². The molecular formula is C22H19F3N2O3. The number of hydrogen-bond donors (Lipinski definition) is 2. The number of aliphatic hydroxyl groups excluding tert-OH is 1. The summed E-state index contributed by atoms with van der Waals surface area (Å²) in [6.07, 6.45) is -2.26. The van der Waals surface area contributed by atoms with Gasteiger partial charge in [-0.05, 0) is 35.9 Å². The molecule has 5 nitrogen and oxygen atoms in total. The smallest absolute Gasteiger partial charge is 0.422 e. The van der Waals surface area contributed by atoms with Crippen LogP contribution in [0.3, 0.4) is 0 Å². The lowest BCUT2D eigenvalue weighted by Crippen LogP contribution is -2.46. The number of nitrogens with zero attached hydrogens (tertiary/aromatic N) is 1. The molecule has 0 saturated heterocycles. The van der Waals surface area contributed by atoms with E-state index < -0.39 is 12.8 Å². The van der Waals surface area contributed by atoms with Gasteiger partial charge in [-0.15, -0.1) is 0 Å². The number of carbonyl (C=O) groups excluding carboxylic acids is 1. The van der Waals surface area contributed by atoms with Gasteiger partial charge in [0, 0.05) is 23.2 Å². The van der Waals surface area contributed by atoms with Crippen molar-refractivity contribution >= 4 is 16.7 Å². The van der Waals surface area contributed by atoms with E-state index in [2.05, 4.69) is 10.3 Å². The zero-order chi connectivity index (χ0) is 21.3. The van der Waals surface area contributed by atoms with Crippen molar-refractivity contribution in [3.8, 4) is 16.9 Å². The summed E-state index contributed by atoms with van der Waals surface area (Å²) in [6, 6.07) is 13.4. The van der Waals surface area contributed by atoms with Crippen LogP contribution in [0.5, 0.6) is 5.75 Å². The highest BCUT2D eigenvalue weighted by Gasteiger charge is 2.30. The number of nitrogens with one attached hydrogen (secondary N) is 1. The fraction of sp³-hybridized carbons (Fsp3) is 0.273. The van der Waals surface area contributed by atoms with Gasteiger partial charge in [-0.25, -0.2) is 0 Å². The van der Waals surface area contributed by atoms with Crippen LogP contribution in [0.4, 0.5) is 13.2 Å². The minimum atomic E-state index is -4.45. The number of pyridine rings is 1. The first-order chi connectivity index (χ1) is 14.3. The molecule has 1 saturated carbocycles. The van der Waals surface area contributed by atoms with Gasteiger partial charge in [0.25, 0.3) is 5.91 Å². The van der Waals surface area contributed by atoms with Gasteiger partial charge in [0.15, 0.2) is 6.61 Å². The van der Waals surface area contributed by atoms with Crippen LogP contribution in [0.15, 0.2) is 54.7 Å². The molecule has 0 aliphatic heterocycles. The summed E-state index contributed by atoms with van der Waals surface area (Å²) < 4.78 is 42.9. The molecule has 4 rings (SSSR count). The topological polar surface area (TPSA) is 71.5 Å². The summed E-state index contributed by atoms with van der Waals surface area (Å²) in [5, 5.41) is 13.6. The minimum absolute atomic E-state index is 0.0864. The van der Waals surface area contributed by atoms with E-state index in [9.17, 15) is 23.1 Å². The summed E-state index contributed by atoms with van der Waals surface area (Å²) in [4.78, 5) is 16.7. The summed E-state index contributed by atoms with van der Waals surface area (Å²) in [5.74, 6) is -0.251. The van der Waals surface area contributed by atoms with Crippen LogP contribution in [0.25, 0.3) is 21.9 Å². The lowest BCUT2D eigenvalue weighted by atomic mass is 9.89. The SMILES string of the molecule is O=C(N[C@H]1C[C@@H](O)C1)c1cc2c(-c3ccccc3OCC(F)(F)F)cccc2cn1. The van der Waals surface area contributed by atoms with Gasteiger partial charge in [0.1, 0.15) is 11.4 Å². The molecule has 1 amide bonds. The molecule has 0 spiro atoms.